The van der Waals surface area contributed by atoms with Gasteiger partial charge < -0.3 is 21.7 Å². The number of methoxy groups -OCH3 is 1. The fraction of sp³-hybridized carbons (Fsp3) is 0.211. The first kappa shape index (κ1) is 19.1. The van der Waals surface area contributed by atoms with E-state index in [2.05, 4.69) is 9.97 Å². The van der Waals surface area contributed by atoms with Crippen molar-refractivity contribution >= 4 is 11.6 Å². The van der Waals surface area contributed by atoms with Crippen molar-refractivity contribution in [3.8, 4) is 0 Å². The van der Waals surface area contributed by atoms with Crippen LogP contribution in [0.4, 0.5) is 0 Å². The van der Waals surface area contributed by atoms with Crippen LogP contribution in [0.25, 0.3) is 0 Å². The van der Waals surface area contributed by atoms with Crippen LogP contribution in [0.5, 0.6) is 0 Å². The number of hydrogen-bond donors (Lipinski definition) is 0. The van der Waals surface area contributed by atoms with Gasteiger partial charge in [-0.1, -0.05) is 24.3 Å². The maximum atomic E-state index is 13.1. The number of imidazole rings is 1. The van der Waals surface area contributed by atoms with Crippen LogP contribution in [0.3, 0.4) is 0 Å². The smallest absolute Gasteiger partial charge is 0.245 e. The van der Waals surface area contributed by atoms with Crippen LogP contribution < -0.4 is 21.5 Å². The average molecular weight is 429 g/mol. The molecule has 1 aromatic carbocycles. The first-order valence-electron chi connectivity index (χ1n) is 8.25. The summed E-state index contributed by atoms with van der Waals surface area (Å²) in [5.41, 5.74) is 2.37. The van der Waals surface area contributed by atoms with E-state index in [0.29, 0.717) is 47.9 Å². The highest BCUT2D eigenvalue weighted by atomic mass is 79.9. The molecular formula is C19H17BrN4O3. The maximum absolute atomic E-state index is 13.1. The van der Waals surface area contributed by atoms with Gasteiger partial charge in [0.15, 0.2) is 0 Å². The molecule has 27 heavy (non-hydrogen) atoms. The monoisotopic (exact) mass is 428 g/mol. The zero-order valence-electron chi connectivity index (χ0n) is 14.6. The third kappa shape index (κ3) is 3.33. The van der Waals surface area contributed by atoms with Crippen molar-refractivity contribution in [2.45, 2.75) is 13.1 Å². The average Bonchev–Trinajstić information content (AvgIpc) is 3.03. The fourth-order valence-electron chi connectivity index (χ4n) is 3.23. The SMILES string of the molecule is COCCn1c[n+](Cc2cnccn2)c2c1C(=O)c1ccccc1C2=O.[Br-]. The number of fused-ring (bicyclic) bond motifs is 2. The summed E-state index contributed by atoms with van der Waals surface area (Å²) in [7, 11) is 1.60. The van der Waals surface area contributed by atoms with Gasteiger partial charge in [0.25, 0.3) is 0 Å². The third-order valence-corrected chi connectivity index (χ3v) is 4.41. The quantitative estimate of drug-likeness (QED) is 0.345. The van der Waals surface area contributed by atoms with E-state index in [1.165, 1.54) is 0 Å². The number of ketones is 2. The third-order valence-electron chi connectivity index (χ3n) is 4.41. The zero-order valence-corrected chi connectivity index (χ0v) is 16.2. The number of aromatic nitrogens is 4. The van der Waals surface area contributed by atoms with Crippen LogP contribution in [0, 0.1) is 0 Å². The van der Waals surface area contributed by atoms with Gasteiger partial charge in [0, 0.05) is 30.6 Å². The Bertz CT molecular complexity index is 1000. The molecule has 0 spiro atoms. The summed E-state index contributed by atoms with van der Waals surface area (Å²) < 4.78 is 8.70. The van der Waals surface area contributed by atoms with Crippen molar-refractivity contribution < 1.29 is 35.9 Å². The first-order chi connectivity index (χ1) is 12.7. The van der Waals surface area contributed by atoms with Gasteiger partial charge in [0.2, 0.25) is 29.3 Å². The Morgan fingerprint density at radius 1 is 1.11 bits per heavy atom. The van der Waals surface area contributed by atoms with E-state index >= 15 is 0 Å². The molecule has 0 fully saturated rings. The Labute approximate surface area is 166 Å². The lowest BCUT2D eigenvalue weighted by Gasteiger charge is -2.12. The molecule has 0 aliphatic heterocycles. The van der Waals surface area contributed by atoms with E-state index in [0.717, 1.165) is 0 Å². The van der Waals surface area contributed by atoms with Crippen molar-refractivity contribution in [3.63, 3.8) is 0 Å². The number of rotatable bonds is 5. The van der Waals surface area contributed by atoms with Gasteiger partial charge in [-0.05, 0) is 0 Å². The van der Waals surface area contributed by atoms with Gasteiger partial charge in [0.05, 0.1) is 12.8 Å². The Kier molecular flexibility index (Phi) is 5.57. The molecule has 8 heteroatoms. The Hall–Kier alpha value is -2.71. The standard InChI is InChI=1S/C19H17N4O3.BrH/c1-26-9-8-22-12-23(11-13-10-20-6-7-21-13)17-16(22)18(24)14-4-2-3-5-15(14)19(17)25;/h2-7,10,12H,8-9,11H2,1H3;1H/q+1;/p-1. The topological polar surface area (TPSA) is 78.0 Å². The first-order valence-corrected chi connectivity index (χ1v) is 8.25. The summed E-state index contributed by atoms with van der Waals surface area (Å²) in [6, 6.07) is 6.92. The van der Waals surface area contributed by atoms with Crippen LogP contribution in [0.1, 0.15) is 37.8 Å². The second kappa shape index (κ2) is 7.89. The molecule has 0 N–H and O–H groups in total. The fourth-order valence-corrected chi connectivity index (χ4v) is 3.23. The van der Waals surface area contributed by atoms with Crippen LogP contribution in [-0.4, -0.2) is 39.8 Å². The van der Waals surface area contributed by atoms with Crippen LogP contribution >= 0.6 is 0 Å². The van der Waals surface area contributed by atoms with Gasteiger partial charge in [0.1, 0.15) is 18.8 Å². The minimum Gasteiger partial charge on any atom is -1.00 e. The Balaban J connectivity index is 0.00000210. The Morgan fingerprint density at radius 3 is 2.52 bits per heavy atom. The van der Waals surface area contributed by atoms with Crippen molar-refractivity contribution in [3.05, 3.63) is 77.4 Å². The highest BCUT2D eigenvalue weighted by Gasteiger charge is 2.40. The second-order valence-electron chi connectivity index (χ2n) is 6.03. The highest BCUT2D eigenvalue weighted by molar-refractivity contribution is 6.26. The molecule has 2 heterocycles. The molecule has 0 saturated heterocycles. The number of halogens is 1. The van der Waals surface area contributed by atoms with Gasteiger partial charge in [-0.3, -0.25) is 19.6 Å². The number of nitrogens with zero attached hydrogens (tertiary/aromatic N) is 4. The van der Waals surface area contributed by atoms with E-state index < -0.39 is 0 Å². The molecule has 0 atom stereocenters. The summed E-state index contributed by atoms with van der Waals surface area (Å²) in [4.78, 5) is 34.5. The summed E-state index contributed by atoms with van der Waals surface area (Å²) in [6.07, 6.45) is 6.62. The molecule has 1 aliphatic rings. The van der Waals surface area contributed by atoms with Crippen molar-refractivity contribution in [2.75, 3.05) is 13.7 Å². The zero-order chi connectivity index (χ0) is 18.1. The molecule has 1 aliphatic carbocycles. The number of ether oxygens (including phenoxy) is 1. The van der Waals surface area contributed by atoms with Crippen molar-refractivity contribution in [1.82, 2.24) is 14.5 Å². The molecular weight excluding hydrogens is 412 g/mol. The number of carbonyl (C=O) groups is 2. The lowest BCUT2D eigenvalue weighted by molar-refractivity contribution is -0.690. The minimum absolute atomic E-state index is 0. The number of carbonyl (C=O) groups excluding carboxylic acids is 2. The van der Waals surface area contributed by atoms with Crippen molar-refractivity contribution in [2.24, 2.45) is 0 Å². The van der Waals surface area contributed by atoms with Crippen molar-refractivity contribution in [1.29, 1.82) is 0 Å². The molecule has 4 rings (SSSR count). The van der Waals surface area contributed by atoms with E-state index in [9.17, 15) is 9.59 Å². The Morgan fingerprint density at radius 2 is 1.85 bits per heavy atom. The van der Waals surface area contributed by atoms with E-state index in [1.807, 2.05) is 0 Å². The molecule has 0 amide bonds. The van der Waals surface area contributed by atoms with Crippen LogP contribution in [-0.2, 0) is 17.8 Å². The summed E-state index contributed by atoms with van der Waals surface area (Å²) in [5.74, 6) is -0.306. The molecule has 0 saturated carbocycles. The molecule has 7 nitrogen and oxygen atoms in total. The van der Waals surface area contributed by atoms with Gasteiger partial charge in [-0.25, -0.2) is 9.13 Å². The predicted molar refractivity (Wildman–Crippen MR) is 90.9 cm³/mol. The number of benzene rings is 1. The minimum atomic E-state index is -0.157. The number of hydrogen-bond acceptors (Lipinski definition) is 5. The lowest BCUT2D eigenvalue weighted by Crippen LogP contribution is -3.00. The van der Waals surface area contributed by atoms with Crippen LogP contribution in [0.2, 0.25) is 0 Å². The second-order valence-corrected chi connectivity index (χ2v) is 6.03. The van der Waals surface area contributed by atoms with E-state index in [4.69, 9.17) is 4.74 Å². The van der Waals surface area contributed by atoms with E-state index in [-0.39, 0.29) is 28.5 Å². The molecule has 0 radical (unpaired) electrons. The summed E-state index contributed by atoms with van der Waals surface area (Å²) >= 11 is 0. The largest absolute Gasteiger partial charge is 1.00 e. The molecule has 3 aromatic rings. The maximum Gasteiger partial charge on any atom is 0.245 e. The normalized spacial score (nSPS) is 12.3. The van der Waals surface area contributed by atoms with Gasteiger partial charge in [-0.15, -0.1) is 0 Å². The molecule has 138 valence electrons. The van der Waals surface area contributed by atoms with Crippen LogP contribution in [0.15, 0.2) is 49.2 Å². The molecule has 0 bridgehead atoms. The molecule has 2 aromatic heterocycles. The summed E-state index contributed by atoms with van der Waals surface area (Å²) in [6.45, 7) is 1.28. The highest BCUT2D eigenvalue weighted by Crippen LogP contribution is 2.25. The van der Waals surface area contributed by atoms with Gasteiger partial charge >= 0.3 is 0 Å². The summed E-state index contributed by atoms with van der Waals surface area (Å²) in [5, 5.41) is 0. The van der Waals surface area contributed by atoms with E-state index in [1.54, 1.807) is 65.4 Å². The van der Waals surface area contributed by atoms with Gasteiger partial charge in [-0.2, -0.15) is 0 Å². The predicted octanol–water partition coefficient (Wildman–Crippen LogP) is -1.96. The molecule has 0 unspecified atom stereocenters. The lowest BCUT2D eigenvalue weighted by atomic mass is 9.90.